The van der Waals surface area contributed by atoms with Crippen molar-refractivity contribution in [3.05, 3.63) is 0 Å². The number of hydrogen-bond acceptors (Lipinski definition) is 3. The van der Waals surface area contributed by atoms with Crippen LogP contribution >= 0.6 is 0 Å². The Kier molecular flexibility index (Phi) is 5.11. The minimum atomic E-state index is -1.07. The van der Waals surface area contributed by atoms with Crippen molar-refractivity contribution in [1.29, 1.82) is 0 Å². The van der Waals surface area contributed by atoms with Crippen molar-refractivity contribution in [3.63, 3.8) is 0 Å². The summed E-state index contributed by atoms with van der Waals surface area (Å²) in [5.74, 6) is -2.69. The third-order valence-corrected chi connectivity index (χ3v) is 1.84. The van der Waals surface area contributed by atoms with Gasteiger partial charge in [0.15, 0.2) is 0 Å². The molecule has 0 bridgehead atoms. The van der Waals surface area contributed by atoms with Crippen LogP contribution in [0.5, 0.6) is 0 Å². The lowest BCUT2D eigenvalue weighted by atomic mass is 10.0. The lowest BCUT2D eigenvalue weighted by Crippen LogP contribution is -2.15. The van der Waals surface area contributed by atoms with Crippen molar-refractivity contribution in [3.8, 4) is 0 Å². The molecule has 0 aromatic carbocycles. The van der Waals surface area contributed by atoms with E-state index in [2.05, 4.69) is 0 Å². The fourth-order valence-electron chi connectivity index (χ4n) is 0.780. The third-order valence-electron chi connectivity index (χ3n) is 1.23. The van der Waals surface area contributed by atoms with E-state index in [-0.39, 0.29) is 30.3 Å². The summed E-state index contributed by atoms with van der Waals surface area (Å²) >= 11 is 0.217. The third kappa shape index (κ3) is 5.72. The van der Waals surface area contributed by atoms with Crippen LogP contribution in [-0.2, 0) is 25.5 Å². The van der Waals surface area contributed by atoms with E-state index in [0.717, 1.165) is 0 Å². The number of carboxylic acids is 2. The summed E-state index contributed by atoms with van der Waals surface area (Å²) in [7, 11) is 0. The molecule has 0 radical (unpaired) electrons. The first-order valence-corrected chi connectivity index (χ1v) is 4.15. The largest absolute Gasteiger partial charge is 0.481 e. The second-order valence-electron chi connectivity index (χ2n) is 2.35. The Balaban J connectivity index is 3.93. The average Bonchev–Trinajstić information content (AvgIpc) is 1.84. The van der Waals surface area contributed by atoms with Gasteiger partial charge in [-0.2, -0.15) is 0 Å². The lowest BCUT2D eigenvalue weighted by molar-refractivity contribution is -0.140. The molecule has 5 nitrogen and oxygen atoms in total. The zero-order valence-corrected chi connectivity index (χ0v) is 7.04. The summed E-state index contributed by atoms with van der Waals surface area (Å²) in [5, 5.41) is 16.6. The molecule has 0 atom stereocenters. The molecular weight excluding hydrogens is 184 g/mol. The second kappa shape index (κ2) is 5.59. The Hall–Kier alpha value is -1.04. The number of hydrogen-bond donors (Lipinski definition) is 2. The number of carboxylic acid groups (broad SMARTS) is 2. The average molecular weight is 193 g/mol. The molecule has 0 aliphatic rings. The molecule has 12 heavy (non-hydrogen) atoms. The fraction of sp³-hybridized carbons (Fsp3) is 0.667. The molecule has 0 saturated carbocycles. The Morgan fingerprint density at radius 3 is 1.83 bits per heavy atom. The van der Waals surface area contributed by atoms with E-state index in [9.17, 15) is 13.8 Å². The van der Waals surface area contributed by atoms with E-state index in [4.69, 9.17) is 10.2 Å². The second-order valence-corrected chi connectivity index (χ2v) is 2.92. The molecule has 0 aliphatic carbocycles. The van der Waals surface area contributed by atoms with Gasteiger partial charge in [-0.3, -0.25) is 9.59 Å². The van der Waals surface area contributed by atoms with Crippen LogP contribution in [0.15, 0.2) is 0 Å². The van der Waals surface area contributed by atoms with Crippen LogP contribution in [0.4, 0.5) is 0 Å². The van der Waals surface area contributed by atoms with Crippen LogP contribution in [-0.4, -0.2) is 27.9 Å². The topological polar surface area (TPSA) is 91.7 Å². The zero-order valence-electron chi connectivity index (χ0n) is 6.23. The van der Waals surface area contributed by atoms with Crippen LogP contribution in [0.25, 0.3) is 0 Å². The Morgan fingerprint density at radius 1 is 1.17 bits per heavy atom. The highest BCUT2D eigenvalue weighted by molar-refractivity contribution is 7.65. The van der Waals surface area contributed by atoms with E-state index in [0.29, 0.717) is 0 Å². The van der Waals surface area contributed by atoms with Crippen molar-refractivity contribution in [2.24, 2.45) is 5.92 Å². The summed E-state index contributed by atoms with van der Waals surface area (Å²) < 4.78 is 10.0. The van der Waals surface area contributed by atoms with Gasteiger partial charge < -0.3 is 10.2 Å². The van der Waals surface area contributed by atoms with Gasteiger partial charge in [0.25, 0.3) is 0 Å². The molecule has 0 rings (SSSR count). The molecule has 0 unspecified atom stereocenters. The van der Waals surface area contributed by atoms with Gasteiger partial charge in [-0.1, -0.05) is 0 Å². The highest BCUT2D eigenvalue weighted by Crippen LogP contribution is 2.08. The molecule has 0 saturated heterocycles. The summed E-state index contributed by atoms with van der Waals surface area (Å²) in [6, 6.07) is 0. The van der Waals surface area contributed by atoms with Crippen molar-refractivity contribution in [2.75, 3.05) is 5.75 Å². The molecular formula is C6H9O5S+. The number of aliphatic carboxylic acids is 2. The quantitative estimate of drug-likeness (QED) is 0.578. The van der Waals surface area contributed by atoms with Gasteiger partial charge in [0, 0.05) is 10.1 Å². The van der Waals surface area contributed by atoms with Gasteiger partial charge in [0.2, 0.25) is 5.75 Å². The van der Waals surface area contributed by atoms with Crippen LogP contribution in [0, 0.1) is 5.92 Å². The molecule has 0 heterocycles. The number of carbonyl (C=O) groups is 2. The van der Waals surface area contributed by atoms with Crippen LogP contribution in [0.1, 0.15) is 12.8 Å². The summed E-state index contributed by atoms with van der Waals surface area (Å²) in [5.41, 5.74) is 0. The first-order valence-electron chi connectivity index (χ1n) is 3.24. The Bertz CT molecular complexity index is 174. The van der Waals surface area contributed by atoms with E-state index in [1.807, 2.05) is 0 Å². The normalized spacial score (nSPS) is 9.75. The van der Waals surface area contributed by atoms with E-state index < -0.39 is 17.9 Å². The SMILES string of the molecule is O=[S+]CC(CC(=O)O)CC(=O)O. The lowest BCUT2D eigenvalue weighted by Gasteiger charge is -2.01. The molecule has 0 amide bonds. The molecule has 0 aliphatic heterocycles. The Labute approximate surface area is 72.9 Å². The van der Waals surface area contributed by atoms with Crippen molar-refractivity contribution < 1.29 is 24.0 Å². The molecule has 68 valence electrons. The van der Waals surface area contributed by atoms with Crippen molar-refractivity contribution in [2.45, 2.75) is 12.8 Å². The summed E-state index contributed by atoms with van der Waals surface area (Å²) in [4.78, 5) is 20.3. The first-order chi connectivity index (χ1) is 5.56. The van der Waals surface area contributed by atoms with Crippen LogP contribution < -0.4 is 0 Å². The maximum absolute atomic E-state index is 10.2. The van der Waals surface area contributed by atoms with Crippen molar-refractivity contribution >= 4 is 23.6 Å². The molecule has 2 N–H and O–H groups in total. The summed E-state index contributed by atoms with van der Waals surface area (Å²) in [6.07, 6.45) is -0.525. The predicted molar refractivity (Wildman–Crippen MR) is 40.9 cm³/mol. The molecule has 0 spiro atoms. The monoisotopic (exact) mass is 193 g/mol. The van der Waals surface area contributed by atoms with Crippen molar-refractivity contribution in [1.82, 2.24) is 0 Å². The molecule has 0 aromatic heterocycles. The van der Waals surface area contributed by atoms with E-state index in [1.54, 1.807) is 0 Å². The van der Waals surface area contributed by atoms with Crippen LogP contribution in [0.2, 0.25) is 0 Å². The van der Waals surface area contributed by atoms with Crippen LogP contribution in [0.3, 0.4) is 0 Å². The van der Waals surface area contributed by atoms with Gasteiger partial charge >= 0.3 is 23.6 Å². The minimum Gasteiger partial charge on any atom is -0.481 e. The van der Waals surface area contributed by atoms with E-state index >= 15 is 0 Å². The zero-order chi connectivity index (χ0) is 9.56. The molecule has 0 fully saturated rings. The predicted octanol–water partition coefficient (Wildman–Crippen LogP) is -0.0199. The van der Waals surface area contributed by atoms with Gasteiger partial charge in [-0.15, -0.1) is 0 Å². The first kappa shape index (κ1) is 11.0. The van der Waals surface area contributed by atoms with Gasteiger partial charge in [-0.05, 0) is 0 Å². The molecule has 6 heteroatoms. The molecule has 0 aromatic rings. The van der Waals surface area contributed by atoms with Gasteiger partial charge in [0.05, 0.1) is 12.8 Å². The number of rotatable bonds is 6. The van der Waals surface area contributed by atoms with E-state index in [1.165, 1.54) is 0 Å². The maximum Gasteiger partial charge on any atom is 0.458 e. The smallest absolute Gasteiger partial charge is 0.458 e. The standard InChI is InChI=1S/C6H8O5S/c7-5(8)1-4(3-12-11)2-6(9)10/h4H,1-3H2,(H-,7,8,9,10)/p+1. The Morgan fingerprint density at radius 2 is 1.58 bits per heavy atom. The fourth-order valence-corrected chi connectivity index (χ4v) is 1.21. The highest BCUT2D eigenvalue weighted by atomic mass is 32.1. The highest BCUT2D eigenvalue weighted by Gasteiger charge is 2.22. The minimum absolute atomic E-state index is 0.0264. The maximum atomic E-state index is 10.2. The van der Waals surface area contributed by atoms with Gasteiger partial charge in [-0.25, -0.2) is 0 Å². The van der Waals surface area contributed by atoms with Gasteiger partial charge in [0.1, 0.15) is 0 Å². The summed E-state index contributed by atoms with van der Waals surface area (Å²) in [6.45, 7) is 0.